The Morgan fingerprint density at radius 3 is 1.61 bits per heavy atom. The number of hydrogen-bond acceptors (Lipinski definition) is 3. The fourth-order valence-electron chi connectivity index (χ4n) is 2.27. The van der Waals surface area contributed by atoms with Gasteiger partial charge in [0, 0.05) is 19.6 Å². The second kappa shape index (κ2) is 7.46. The highest BCUT2D eigenvalue weighted by Crippen LogP contribution is 2.36. The van der Waals surface area contributed by atoms with Crippen molar-refractivity contribution in [1.82, 2.24) is 4.90 Å². The van der Waals surface area contributed by atoms with Crippen LogP contribution in [0, 0.1) is 16.7 Å². The molecule has 3 heteroatoms. The Balaban J connectivity index is 4.65. The lowest BCUT2D eigenvalue weighted by atomic mass is 9.72. The van der Waals surface area contributed by atoms with Crippen LogP contribution in [0.1, 0.15) is 48.0 Å². The number of hydrogen-bond donors (Lipinski definition) is 2. The van der Waals surface area contributed by atoms with Gasteiger partial charge in [-0.3, -0.25) is 4.90 Å². The molecule has 0 aromatic rings. The van der Waals surface area contributed by atoms with E-state index in [1.54, 1.807) is 0 Å². The smallest absolute Gasteiger partial charge is 0.0558 e. The van der Waals surface area contributed by atoms with E-state index >= 15 is 0 Å². The number of nitrogens with zero attached hydrogens (tertiary/aromatic N) is 1. The van der Waals surface area contributed by atoms with Crippen LogP contribution in [0.25, 0.3) is 0 Å². The van der Waals surface area contributed by atoms with Crippen molar-refractivity contribution in [2.45, 2.75) is 48.0 Å². The van der Waals surface area contributed by atoms with Crippen LogP contribution in [0.3, 0.4) is 0 Å². The molecular formula is C15H33NO2. The van der Waals surface area contributed by atoms with Gasteiger partial charge in [-0.05, 0) is 23.2 Å². The molecule has 0 aliphatic heterocycles. The molecule has 2 N–H and O–H groups in total. The first-order valence-corrected chi connectivity index (χ1v) is 7.04. The van der Waals surface area contributed by atoms with Crippen LogP contribution in [0.2, 0.25) is 0 Å². The average molecular weight is 259 g/mol. The van der Waals surface area contributed by atoms with Crippen molar-refractivity contribution >= 4 is 0 Å². The Morgan fingerprint density at radius 1 is 0.889 bits per heavy atom. The van der Waals surface area contributed by atoms with Gasteiger partial charge in [-0.2, -0.15) is 0 Å². The van der Waals surface area contributed by atoms with E-state index in [0.717, 1.165) is 13.0 Å². The number of aliphatic hydroxyl groups excluding tert-OH is 2. The molecule has 0 aromatic carbocycles. The molecule has 110 valence electrons. The van der Waals surface area contributed by atoms with Gasteiger partial charge in [0.25, 0.3) is 0 Å². The maximum Gasteiger partial charge on any atom is 0.0558 e. The molecule has 0 radical (unpaired) electrons. The van der Waals surface area contributed by atoms with E-state index in [1.807, 2.05) is 0 Å². The zero-order valence-corrected chi connectivity index (χ0v) is 13.2. The van der Waals surface area contributed by atoms with E-state index in [9.17, 15) is 0 Å². The van der Waals surface area contributed by atoms with Crippen LogP contribution in [-0.2, 0) is 0 Å². The molecule has 0 bridgehead atoms. The first-order valence-electron chi connectivity index (χ1n) is 7.04. The molecule has 0 heterocycles. The topological polar surface area (TPSA) is 43.7 Å². The lowest BCUT2D eigenvalue weighted by Gasteiger charge is -2.38. The van der Waals surface area contributed by atoms with Gasteiger partial charge in [-0.1, -0.05) is 41.5 Å². The van der Waals surface area contributed by atoms with Crippen molar-refractivity contribution < 1.29 is 10.2 Å². The summed E-state index contributed by atoms with van der Waals surface area (Å²) < 4.78 is 0. The van der Waals surface area contributed by atoms with Gasteiger partial charge in [0.15, 0.2) is 0 Å². The third kappa shape index (κ3) is 8.06. The van der Waals surface area contributed by atoms with Gasteiger partial charge in [0.2, 0.25) is 0 Å². The average Bonchev–Trinajstić information content (AvgIpc) is 2.13. The van der Waals surface area contributed by atoms with Crippen LogP contribution < -0.4 is 0 Å². The molecule has 0 saturated heterocycles. The molecule has 0 fully saturated rings. The minimum Gasteiger partial charge on any atom is -0.395 e. The summed E-state index contributed by atoms with van der Waals surface area (Å²) in [5.41, 5.74) is 0.554. The molecule has 1 atom stereocenters. The van der Waals surface area contributed by atoms with E-state index in [4.69, 9.17) is 10.2 Å². The Labute approximate surface area is 113 Å². The Morgan fingerprint density at radius 2 is 1.33 bits per heavy atom. The summed E-state index contributed by atoms with van der Waals surface area (Å²) >= 11 is 0. The van der Waals surface area contributed by atoms with Gasteiger partial charge >= 0.3 is 0 Å². The summed E-state index contributed by atoms with van der Waals surface area (Å²) in [6.45, 7) is 16.2. The Bertz CT molecular complexity index is 210. The van der Waals surface area contributed by atoms with Gasteiger partial charge in [-0.25, -0.2) is 0 Å². The van der Waals surface area contributed by atoms with Crippen molar-refractivity contribution in [2.75, 3.05) is 32.8 Å². The normalized spacial score (nSPS) is 15.2. The summed E-state index contributed by atoms with van der Waals surface area (Å²) in [5, 5.41) is 18.2. The molecule has 0 aliphatic rings. The second-order valence-electron chi connectivity index (χ2n) is 7.58. The molecule has 1 unspecified atom stereocenters. The summed E-state index contributed by atoms with van der Waals surface area (Å²) in [6.07, 6.45) is 1.16. The molecule has 0 aromatic heterocycles. The quantitative estimate of drug-likeness (QED) is 0.738. The van der Waals surface area contributed by atoms with Gasteiger partial charge < -0.3 is 10.2 Å². The highest BCUT2D eigenvalue weighted by molar-refractivity contribution is 4.81. The molecule has 3 nitrogen and oxygen atoms in total. The van der Waals surface area contributed by atoms with Crippen molar-refractivity contribution in [3.8, 4) is 0 Å². The predicted molar refractivity (Wildman–Crippen MR) is 77.6 cm³/mol. The van der Waals surface area contributed by atoms with Crippen LogP contribution in [0.15, 0.2) is 0 Å². The molecule has 0 spiro atoms. The highest BCUT2D eigenvalue weighted by Gasteiger charge is 2.30. The number of rotatable bonds is 7. The molecule has 18 heavy (non-hydrogen) atoms. The van der Waals surface area contributed by atoms with Crippen molar-refractivity contribution in [2.24, 2.45) is 16.7 Å². The zero-order valence-electron chi connectivity index (χ0n) is 13.2. The zero-order chi connectivity index (χ0) is 14.4. The first-order chi connectivity index (χ1) is 8.10. The second-order valence-corrected chi connectivity index (χ2v) is 7.58. The third-order valence-corrected chi connectivity index (χ3v) is 3.39. The highest BCUT2D eigenvalue weighted by atomic mass is 16.3. The van der Waals surface area contributed by atoms with Crippen LogP contribution >= 0.6 is 0 Å². The van der Waals surface area contributed by atoms with Crippen LogP contribution in [0.4, 0.5) is 0 Å². The fraction of sp³-hybridized carbons (Fsp3) is 1.00. The monoisotopic (exact) mass is 259 g/mol. The van der Waals surface area contributed by atoms with Crippen molar-refractivity contribution in [3.05, 3.63) is 0 Å². The summed E-state index contributed by atoms with van der Waals surface area (Å²) in [7, 11) is 0. The fourth-order valence-corrected chi connectivity index (χ4v) is 2.27. The minimum absolute atomic E-state index is 0.159. The summed E-state index contributed by atoms with van der Waals surface area (Å²) in [5.74, 6) is 0.565. The lowest BCUT2D eigenvalue weighted by molar-refractivity contribution is 0.0841. The number of aliphatic hydroxyl groups is 2. The van der Waals surface area contributed by atoms with Gasteiger partial charge in [0.05, 0.1) is 13.2 Å². The minimum atomic E-state index is 0.159. The van der Waals surface area contributed by atoms with E-state index in [1.165, 1.54) is 0 Å². The van der Waals surface area contributed by atoms with E-state index in [2.05, 4.69) is 46.4 Å². The van der Waals surface area contributed by atoms with E-state index in [0.29, 0.717) is 24.4 Å². The van der Waals surface area contributed by atoms with Gasteiger partial charge in [-0.15, -0.1) is 0 Å². The lowest BCUT2D eigenvalue weighted by Crippen LogP contribution is -2.40. The Kier molecular flexibility index (Phi) is 7.41. The van der Waals surface area contributed by atoms with Crippen LogP contribution in [0.5, 0.6) is 0 Å². The third-order valence-electron chi connectivity index (χ3n) is 3.39. The maximum absolute atomic E-state index is 9.09. The largest absolute Gasteiger partial charge is 0.395 e. The first kappa shape index (κ1) is 17.9. The molecule has 0 rings (SSSR count). The molecule has 0 aliphatic carbocycles. The molecular weight excluding hydrogens is 226 g/mol. The van der Waals surface area contributed by atoms with Crippen molar-refractivity contribution in [3.63, 3.8) is 0 Å². The SMILES string of the molecule is CC(C)(C)CC(CN(CCO)CCO)C(C)(C)C. The van der Waals surface area contributed by atoms with Crippen molar-refractivity contribution in [1.29, 1.82) is 0 Å². The predicted octanol–water partition coefficient (Wildman–Crippen LogP) is 2.37. The van der Waals surface area contributed by atoms with E-state index < -0.39 is 0 Å². The standard InChI is InChI=1S/C15H33NO2/c1-14(2,3)11-13(15(4,5)6)12-16(7-9-17)8-10-18/h13,17-18H,7-12H2,1-6H3. The van der Waals surface area contributed by atoms with Gasteiger partial charge in [0.1, 0.15) is 0 Å². The van der Waals surface area contributed by atoms with E-state index in [-0.39, 0.29) is 18.6 Å². The Hall–Kier alpha value is -0.120. The van der Waals surface area contributed by atoms with Crippen LogP contribution in [-0.4, -0.2) is 48.0 Å². The maximum atomic E-state index is 9.09. The molecule has 0 amide bonds. The summed E-state index contributed by atoms with van der Waals surface area (Å²) in [4.78, 5) is 2.17. The molecule has 0 saturated carbocycles. The summed E-state index contributed by atoms with van der Waals surface area (Å²) in [6, 6.07) is 0.